The minimum absolute atomic E-state index is 0.0383. The SMILES string of the molecule is CS(=O)(=O)Nc1ccc(C(=O)Nc2ccc(S(=O)(=O)Nc3ccc(F)cc3)cc2)cc1Cl. The van der Waals surface area contributed by atoms with E-state index in [-0.39, 0.29) is 26.9 Å². The molecule has 0 fully saturated rings. The van der Waals surface area contributed by atoms with Crippen LogP contribution in [0.3, 0.4) is 0 Å². The fraction of sp³-hybridized carbons (Fsp3) is 0.0500. The molecule has 0 radical (unpaired) electrons. The number of nitrogens with one attached hydrogen (secondary N) is 3. The number of halogens is 2. The first-order valence-corrected chi connectivity index (χ1v) is 12.7. The van der Waals surface area contributed by atoms with Gasteiger partial charge in [0.1, 0.15) is 5.82 Å². The van der Waals surface area contributed by atoms with Gasteiger partial charge in [-0.15, -0.1) is 0 Å². The van der Waals surface area contributed by atoms with Gasteiger partial charge in [-0.3, -0.25) is 14.2 Å². The molecule has 12 heteroatoms. The van der Waals surface area contributed by atoms with Gasteiger partial charge in [-0.1, -0.05) is 11.6 Å². The molecule has 0 aliphatic heterocycles. The van der Waals surface area contributed by atoms with Crippen molar-refractivity contribution in [1.29, 1.82) is 0 Å². The van der Waals surface area contributed by atoms with Crippen LogP contribution in [-0.2, 0) is 20.0 Å². The smallest absolute Gasteiger partial charge is 0.261 e. The molecule has 0 unspecified atom stereocenters. The molecule has 3 N–H and O–H groups in total. The highest BCUT2D eigenvalue weighted by Gasteiger charge is 2.15. The number of anilines is 3. The average molecular weight is 498 g/mol. The Labute approximate surface area is 189 Å². The van der Waals surface area contributed by atoms with Crippen LogP contribution in [0.5, 0.6) is 0 Å². The molecular formula is C20H17ClFN3O5S2. The summed E-state index contributed by atoms with van der Waals surface area (Å²) in [6, 6.07) is 14.3. The summed E-state index contributed by atoms with van der Waals surface area (Å²) in [7, 11) is -7.43. The van der Waals surface area contributed by atoms with Crippen LogP contribution in [0.15, 0.2) is 71.6 Å². The lowest BCUT2D eigenvalue weighted by Gasteiger charge is -2.11. The Morgan fingerprint density at radius 1 is 0.844 bits per heavy atom. The summed E-state index contributed by atoms with van der Waals surface area (Å²) in [4.78, 5) is 12.4. The van der Waals surface area contributed by atoms with E-state index in [0.29, 0.717) is 5.69 Å². The molecule has 3 aromatic rings. The molecule has 1 amide bonds. The van der Waals surface area contributed by atoms with Gasteiger partial charge in [-0.2, -0.15) is 0 Å². The van der Waals surface area contributed by atoms with Crippen molar-refractivity contribution in [1.82, 2.24) is 0 Å². The Bertz CT molecular complexity index is 1360. The summed E-state index contributed by atoms with van der Waals surface area (Å²) in [6.07, 6.45) is 0.975. The summed E-state index contributed by atoms with van der Waals surface area (Å²) < 4.78 is 65.1. The maximum atomic E-state index is 13.0. The number of amides is 1. The molecule has 3 rings (SSSR count). The maximum absolute atomic E-state index is 13.0. The average Bonchev–Trinajstić information content (AvgIpc) is 2.70. The van der Waals surface area contributed by atoms with E-state index < -0.39 is 31.8 Å². The van der Waals surface area contributed by atoms with E-state index in [1.54, 1.807) is 0 Å². The van der Waals surface area contributed by atoms with Crippen LogP contribution in [0.25, 0.3) is 0 Å². The number of rotatable bonds is 7. The number of hydrogen-bond acceptors (Lipinski definition) is 5. The normalized spacial score (nSPS) is 11.6. The molecule has 0 bridgehead atoms. The second-order valence-corrected chi connectivity index (χ2v) is 10.5. The van der Waals surface area contributed by atoms with E-state index >= 15 is 0 Å². The zero-order chi connectivity index (χ0) is 23.5. The van der Waals surface area contributed by atoms with Crippen LogP contribution in [0.4, 0.5) is 21.5 Å². The molecule has 0 aromatic heterocycles. The maximum Gasteiger partial charge on any atom is 0.261 e. The Balaban J connectivity index is 1.70. The van der Waals surface area contributed by atoms with Crippen molar-refractivity contribution < 1.29 is 26.0 Å². The van der Waals surface area contributed by atoms with Crippen molar-refractivity contribution in [2.24, 2.45) is 0 Å². The van der Waals surface area contributed by atoms with Crippen molar-refractivity contribution >= 4 is 54.6 Å². The predicted octanol–water partition coefficient (Wildman–Crippen LogP) is 3.90. The number of hydrogen-bond donors (Lipinski definition) is 3. The topological polar surface area (TPSA) is 121 Å². The molecular weight excluding hydrogens is 481 g/mol. The standard InChI is InChI=1S/C20H17ClFN3O5S2/c1-31(27,28)25-19-11-2-13(12-18(19)21)20(26)23-15-7-9-17(10-8-15)32(29,30)24-16-5-3-14(22)4-6-16/h2-12,24-25H,1H3,(H,23,26). The fourth-order valence-electron chi connectivity index (χ4n) is 2.59. The predicted molar refractivity (Wildman–Crippen MR) is 122 cm³/mol. The van der Waals surface area contributed by atoms with E-state index in [2.05, 4.69) is 14.8 Å². The van der Waals surface area contributed by atoms with E-state index in [1.807, 2.05) is 0 Å². The number of benzene rings is 3. The first-order valence-electron chi connectivity index (χ1n) is 8.90. The van der Waals surface area contributed by atoms with Gasteiger partial charge in [0.05, 0.1) is 21.9 Å². The Hall–Kier alpha value is -3.15. The van der Waals surface area contributed by atoms with Gasteiger partial charge in [0.15, 0.2) is 0 Å². The molecule has 0 saturated heterocycles. The van der Waals surface area contributed by atoms with Crippen LogP contribution < -0.4 is 14.8 Å². The summed E-state index contributed by atoms with van der Waals surface area (Å²) in [5, 5.41) is 2.63. The van der Waals surface area contributed by atoms with Crippen LogP contribution in [0.1, 0.15) is 10.4 Å². The quantitative estimate of drug-likeness (QED) is 0.457. The first-order chi connectivity index (χ1) is 14.9. The zero-order valence-electron chi connectivity index (χ0n) is 16.5. The van der Waals surface area contributed by atoms with Crippen LogP contribution in [-0.4, -0.2) is 29.0 Å². The van der Waals surface area contributed by atoms with Crippen molar-refractivity contribution in [2.75, 3.05) is 21.0 Å². The van der Waals surface area contributed by atoms with E-state index in [9.17, 15) is 26.0 Å². The van der Waals surface area contributed by atoms with Crippen molar-refractivity contribution in [3.05, 3.63) is 83.1 Å². The second kappa shape index (κ2) is 9.15. The van der Waals surface area contributed by atoms with Gasteiger partial charge < -0.3 is 5.32 Å². The lowest BCUT2D eigenvalue weighted by atomic mass is 10.2. The van der Waals surface area contributed by atoms with Gasteiger partial charge >= 0.3 is 0 Å². The van der Waals surface area contributed by atoms with Crippen LogP contribution in [0.2, 0.25) is 5.02 Å². The third-order valence-corrected chi connectivity index (χ3v) is 6.35. The van der Waals surface area contributed by atoms with Gasteiger partial charge in [0.25, 0.3) is 15.9 Å². The Morgan fingerprint density at radius 2 is 1.44 bits per heavy atom. The van der Waals surface area contributed by atoms with Crippen molar-refractivity contribution in [3.8, 4) is 0 Å². The Kier molecular flexibility index (Phi) is 6.72. The molecule has 8 nitrogen and oxygen atoms in total. The molecule has 0 atom stereocenters. The van der Waals surface area contributed by atoms with E-state index in [0.717, 1.165) is 18.4 Å². The summed E-state index contributed by atoms with van der Waals surface area (Å²) in [5.74, 6) is -1.02. The summed E-state index contributed by atoms with van der Waals surface area (Å²) in [6.45, 7) is 0. The van der Waals surface area contributed by atoms with Crippen LogP contribution in [0, 0.1) is 5.82 Å². The molecule has 0 aliphatic rings. The highest BCUT2D eigenvalue weighted by molar-refractivity contribution is 7.92. The first kappa shape index (κ1) is 23.5. The highest BCUT2D eigenvalue weighted by Crippen LogP contribution is 2.25. The van der Waals surface area contributed by atoms with Gasteiger partial charge in [0.2, 0.25) is 10.0 Å². The molecule has 3 aromatic carbocycles. The van der Waals surface area contributed by atoms with Crippen LogP contribution >= 0.6 is 11.6 Å². The zero-order valence-corrected chi connectivity index (χ0v) is 18.9. The molecule has 0 heterocycles. The van der Waals surface area contributed by atoms with Gasteiger partial charge in [-0.05, 0) is 66.7 Å². The fourth-order valence-corrected chi connectivity index (χ4v) is 4.51. The molecule has 0 aliphatic carbocycles. The van der Waals surface area contributed by atoms with E-state index in [1.165, 1.54) is 54.6 Å². The number of carbonyl (C=O) groups excluding carboxylic acids is 1. The third-order valence-electron chi connectivity index (χ3n) is 4.05. The number of carbonyl (C=O) groups is 1. The van der Waals surface area contributed by atoms with Gasteiger partial charge in [-0.25, -0.2) is 21.2 Å². The largest absolute Gasteiger partial charge is 0.322 e. The molecule has 0 spiro atoms. The van der Waals surface area contributed by atoms with E-state index in [4.69, 9.17) is 11.6 Å². The lowest BCUT2D eigenvalue weighted by Crippen LogP contribution is -2.14. The van der Waals surface area contributed by atoms with Gasteiger partial charge in [0, 0.05) is 16.9 Å². The highest BCUT2D eigenvalue weighted by atomic mass is 35.5. The molecule has 32 heavy (non-hydrogen) atoms. The summed E-state index contributed by atoms with van der Waals surface area (Å²) >= 11 is 6.03. The Morgan fingerprint density at radius 3 is 2.00 bits per heavy atom. The second-order valence-electron chi connectivity index (χ2n) is 6.66. The third kappa shape index (κ3) is 6.19. The monoisotopic (exact) mass is 497 g/mol. The minimum atomic E-state index is -3.91. The summed E-state index contributed by atoms with van der Waals surface area (Å²) in [5.41, 5.74) is 0.831. The minimum Gasteiger partial charge on any atom is -0.322 e. The molecule has 168 valence electrons. The molecule has 0 saturated carbocycles. The number of sulfonamides is 2. The van der Waals surface area contributed by atoms with Crippen molar-refractivity contribution in [2.45, 2.75) is 4.90 Å². The van der Waals surface area contributed by atoms with Crippen molar-refractivity contribution in [3.63, 3.8) is 0 Å². The lowest BCUT2D eigenvalue weighted by molar-refractivity contribution is 0.102.